The first-order valence-corrected chi connectivity index (χ1v) is 4.75. The SMILES string of the molecule is OOOSc1ccc(-c2ncn[nH]2)cc1. The zero-order valence-electron chi connectivity index (χ0n) is 7.45. The fraction of sp³-hybridized carbons (Fsp3) is 0. The third kappa shape index (κ3) is 2.54. The number of hydrogen-bond acceptors (Lipinski definition) is 6. The van der Waals surface area contributed by atoms with Crippen molar-refractivity contribution in [3.63, 3.8) is 0 Å². The molecule has 2 rings (SSSR count). The Labute approximate surface area is 89.3 Å². The van der Waals surface area contributed by atoms with Gasteiger partial charge in [0.1, 0.15) is 6.33 Å². The summed E-state index contributed by atoms with van der Waals surface area (Å²) in [4.78, 5) is 4.81. The Kier molecular flexibility index (Phi) is 3.30. The molecule has 0 aliphatic carbocycles. The summed E-state index contributed by atoms with van der Waals surface area (Å²) in [5.74, 6) is 0.700. The number of aromatic nitrogens is 3. The molecule has 0 amide bonds. The predicted molar refractivity (Wildman–Crippen MR) is 52.5 cm³/mol. The van der Waals surface area contributed by atoms with Crippen molar-refractivity contribution >= 4 is 12.0 Å². The fourth-order valence-corrected chi connectivity index (χ4v) is 1.42. The highest BCUT2D eigenvalue weighted by atomic mass is 32.2. The molecule has 78 valence electrons. The minimum absolute atomic E-state index is 0.700. The maximum Gasteiger partial charge on any atom is 0.155 e. The number of hydrogen-bond donors (Lipinski definition) is 2. The fourth-order valence-electron chi connectivity index (χ4n) is 1.07. The van der Waals surface area contributed by atoms with Crippen LogP contribution in [0.25, 0.3) is 11.4 Å². The van der Waals surface area contributed by atoms with Crippen LogP contribution in [0.3, 0.4) is 0 Å². The average Bonchev–Trinajstić information content (AvgIpc) is 2.80. The van der Waals surface area contributed by atoms with Gasteiger partial charge in [-0.1, -0.05) is 17.2 Å². The van der Waals surface area contributed by atoms with Crippen LogP contribution in [0.2, 0.25) is 0 Å². The monoisotopic (exact) mass is 225 g/mol. The Morgan fingerprint density at radius 1 is 1.27 bits per heavy atom. The van der Waals surface area contributed by atoms with Gasteiger partial charge in [-0.3, -0.25) is 5.10 Å². The highest BCUT2D eigenvalue weighted by Crippen LogP contribution is 2.22. The zero-order chi connectivity index (χ0) is 10.5. The van der Waals surface area contributed by atoms with Crippen molar-refractivity contribution in [3.8, 4) is 11.4 Å². The molecule has 15 heavy (non-hydrogen) atoms. The Bertz CT molecular complexity index is 404. The number of nitrogens with zero attached hydrogens (tertiary/aromatic N) is 2. The Balaban J connectivity index is 2.11. The number of benzene rings is 1. The van der Waals surface area contributed by atoms with Gasteiger partial charge < -0.3 is 0 Å². The summed E-state index contributed by atoms with van der Waals surface area (Å²) in [7, 11) is 0. The minimum atomic E-state index is 0.700. The van der Waals surface area contributed by atoms with E-state index in [0.717, 1.165) is 22.5 Å². The molecule has 0 fully saturated rings. The predicted octanol–water partition coefficient (Wildman–Crippen LogP) is 1.90. The van der Waals surface area contributed by atoms with Gasteiger partial charge in [-0.2, -0.15) is 5.10 Å². The standard InChI is InChI=1S/C8H7N3O3S/c12-13-14-15-7-3-1-6(2-4-7)8-9-5-10-11-8/h1-5,12H,(H,9,10,11). The molecule has 0 spiro atoms. The Morgan fingerprint density at radius 3 is 2.67 bits per heavy atom. The van der Waals surface area contributed by atoms with Crippen LogP contribution in [0, 0.1) is 0 Å². The van der Waals surface area contributed by atoms with Crippen molar-refractivity contribution in [1.29, 1.82) is 0 Å². The summed E-state index contributed by atoms with van der Waals surface area (Å²) in [6.07, 6.45) is 1.45. The minimum Gasteiger partial charge on any atom is -0.259 e. The van der Waals surface area contributed by atoms with Crippen molar-refractivity contribution in [2.45, 2.75) is 4.90 Å². The maximum absolute atomic E-state index is 7.97. The van der Waals surface area contributed by atoms with E-state index in [2.05, 4.69) is 24.6 Å². The van der Waals surface area contributed by atoms with Crippen LogP contribution in [-0.2, 0) is 9.37 Å². The van der Waals surface area contributed by atoms with Gasteiger partial charge in [0.25, 0.3) is 0 Å². The summed E-state index contributed by atoms with van der Waals surface area (Å²) in [5, 5.41) is 18.0. The molecular formula is C8H7N3O3S. The summed E-state index contributed by atoms with van der Waals surface area (Å²) in [6, 6.07) is 7.32. The van der Waals surface area contributed by atoms with E-state index < -0.39 is 0 Å². The molecule has 0 atom stereocenters. The first kappa shape index (κ1) is 10.1. The molecule has 6 nitrogen and oxygen atoms in total. The molecule has 0 saturated heterocycles. The van der Waals surface area contributed by atoms with Gasteiger partial charge in [-0.25, -0.2) is 10.2 Å². The summed E-state index contributed by atoms with van der Waals surface area (Å²) >= 11 is 0.908. The number of H-pyrrole nitrogens is 1. The third-order valence-electron chi connectivity index (χ3n) is 1.70. The van der Waals surface area contributed by atoms with E-state index in [1.54, 1.807) is 0 Å². The van der Waals surface area contributed by atoms with Gasteiger partial charge in [0.15, 0.2) is 5.82 Å². The van der Waals surface area contributed by atoms with Crippen molar-refractivity contribution in [1.82, 2.24) is 15.2 Å². The van der Waals surface area contributed by atoms with Crippen LogP contribution in [0.5, 0.6) is 0 Å². The molecule has 0 bridgehead atoms. The largest absolute Gasteiger partial charge is 0.259 e. The van der Waals surface area contributed by atoms with Crippen LogP contribution >= 0.6 is 12.0 Å². The van der Waals surface area contributed by atoms with Gasteiger partial charge in [0.2, 0.25) is 0 Å². The molecule has 1 heterocycles. The highest BCUT2D eigenvalue weighted by molar-refractivity contribution is 7.94. The van der Waals surface area contributed by atoms with E-state index in [4.69, 9.17) is 5.26 Å². The van der Waals surface area contributed by atoms with E-state index in [0.29, 0.717) is 5.82 Å². The third-order valence-corrected chi connectivity index (χ3v) is 2.30. The van der Waals surface area contributed by atoms with E-state index in [-0.39, 0.29) is 0 Å². The van der Waals surface area contributed by atoms with Crippen LogP contribution < -0.4 is 0 Å². The summed E-state index contributed by atoms with van der Waals surface area (Å²) in [5.41, 5.74) is 0.918. The van der Waals surface area contributed by atoms with Crippen molar-refractivity contribution in [2.24, 2.45) is 0 Å². The molecule has 1 aromatic heterocycles. The highest BCUT2D eigenvalue weighted by Gasteiger charge is 2.01. The van der Waals surface area contributed by atoms with Crippen molar-refractivity contribution in [3.05, 3.63) is 30.6 Å². The van der Waals surface area contributed by atoms with Gasteiger partial charge in [-0.15, -0.1) is 4.33 Å². The molecule has 2 aromatic rings. The Morgan fingerprint density at radius 2 is 2.07 bits per heavy atom. The van der Waals surface area contributed by atoms with Gasteiger partial charge in [0.05, 0.1) is 12.0 Å². The lowest BCUT2D eigenvalue weighted by Gasteiger charge is -1.99. The first-order chi connectivity index (χ1) is 7.40. The zero-order valence-corrected chi connectivity index (χ0v) is 8.27. The first-order valence-electron chi connectivity index (χ1n) is 4.01. The maximum atomic E-state index is 7.97. The smallest absolute Gasteiger partial charge is 0.155 e. The molecular weight excluding hydrogens is 218 g/mol. The molecule has 0 radical (unpaired) electrons. The summed E-state index contributed by atoms with van der Waals surface area (Å²) < 4.78 is 4.29. The molecule has 1 aromatic carbocycles. The summed E-state index contributed by atoms with van der Waals surface area (Å²) in [6.45, 7) is 0. The van der Waals surface area contributed by atoms with Crippen LogP contribution in [0.4, 0.5) is 0 Å². The molecule has 0 aliphatic rings. The second kappa shape index (κ2) is 4.89. The topological polar surface area (TPSA) is 80.3 Å². The van der Waals surface area contributed by atoms with Crippen molar-refractivity contribution < 1.29 is 14.6 Å². The van der Waals surface area contributed by atoms with E-state index >= 15 is 0 Å². The Hall–Kier alpha value is -1.41. The van der Waals surface area contributed by atoms with Crippen molar-refractivity contribution in [2.75, 3.05) is 0 Å². The quantitative estimate of drug-likeness (QED) is 0.470. The van der Waals surface area contributed by atoms with E-state index in [9.17, 15) is 0 Å². The number of nitrogens with one attached hydrogen (secondary N) is 1. The average molecular weight is 225 g/mol. The van der Waals surface area contributed by atoms with Crippen LogP contribution in [0.15, 0.2) is 35.5 Å². The van der Waals surface area contributed by atoms with Gasteiger partial charge in [0, 0.05) is 10.5 Å². The second-order valence-corrected chi connectivity index (χ2v) is 3.36. The van der Waals surface area contributed by atoms with Crippen LogP contribution in [-0.4, -0.2) is 20.4 Å². The van der Waals surface area contributed by atoms with E-state index in [1.165, 1.54) is 6.33 Å². The lowest BCUT2D eigenvalue weighted by atomic mass is 10.2. The molecule has 0 aliphatic heterocycles. The lowest BCUT2D eigenvalue weighted by molar-refractivity contribution is -0.432. The normalized spacial score (nSPS) is 10.5. The van der Waals surface area contributed by atoms with Gasteiger partial charge >= 0.3 is 0 Å². The number of aromatic amines is 1. The van der Waals surface area contributed by atoms with Crippen LogP contribution in [0.1, 0.15) is 0 Å². The molecule has 7 heteroatoms. The molecule has 0 saturated carbocycles. The second-order valence-electron chi connectivity index (χ2n) is 2.58. The lowest BCUT2D eigenvalue weighted by Crippen LogP contribution is -1.82. The number of rotatable bonds is 4. The molecule has 0 unspecified atom stereocenters. The van der Waals surface area contributed by atoms with Gasteiger partial charge in [-0.05, 0) is 12.1 Å². The van der Waals surface area contributed by atoms with E-state index in [1.807, 2.05) is 24.3 Å². The molecule has 2 N–H and O–H groups in total.